The largest absolute Gasteiger partial charge is 0.444 e. The summed E-state index contributed by atoms with van der Waals surface area (Å²) >= 11 is 3.01. The average molecular weight is 754 g/mol. The summed E-state index contributed by atoms with van der Waals surface area (Å²) in [5.41, 5.74) is 9.30. The molecule has 0 saturated carbocycles. The van der Waals surface area contributed by atoms with Crippen LogP contribution in [0.5, 0.6) is 0 Å². The summed E-state index contributed by atoms with van der Waals surface area (Å²) in [5, 5.41) is 32.8. The number of thiazole rings is 2. The SMILES string of the molecule is CCc1csc([C@@H](N)Cc2ccc([N+](=O)[O-])cc2)n1.CCc1csc([C@H](Cc2ccc([N+](=O)[O-])cc2)NC(=O)[C@@H](NC(=O)OC(C)(C)C)C(C)C)n1. The topological polar surface area (TPSA) is 206 Å². The number of nitro benzene ring substituents is 2. The van der Waals surface area contributed by atoms with Gasteiger partial charge in [-0.1, -0.05) is 52.0 Å². The van der Waals surface area contributed by atoms with Crippen LogP contribution >= 0.6 is 22.7 Å². The quantitative estimate of drug-likeness (QED) is 0.0858. The van der Waals surface area contributed by atoms with Gasteiger partial charge in [0.2, 0.25) is 5.91 Å². The molecular formula is C36H47N7O7S2. The minimum atomic E-state index is -0.801. The van der Waals surface area contributed by atoms with Crippen LogP contribution in [0.15, 0.2) is 59.3 Å². The number of rotatable bonds is 14. The first-order valence-electron chi connectivity index (χ1n) is 16.9. The molecule has 4 rings (SSSR count). The molecule has 0 bridgehead atoms. The summed E-state index contributed by atoms with van der Waals surface area (Å²) in [6.45, 7) is 13.0. The van der Waals surface area contributed by atoms with Gasteiger partial charge in [-0.05, 0) is 63.5 Å². The predicted octanol–water partition coefficient (Wildman–Crippen LogP) is 7.42. The molecule has 0 aliphatic heterocycles. The second kappa shape index (κ2) is 19.2. The smallest absolute Gasteiger partial charge is 0.408 e. The number of nitro groups is 2. The number of carbonyl (C=O) groups is 2. The number of nitrogens with two attached hydrogens (primary N) is 1. The predicted molar refractivity (Wildman–Crippen MR) is 202 cm³/mol. The third-order valence-electron chi connectivity index (χ3n) is 7.61. The average Bonchev–Trinajstić information content (AvgIpc) is 3.77. The van der Waals surface area contributed by atoms with E-state index in [1.807, 2.05) is 31.5 Å². The highest BCUT2D eigenvalue weighted by Gasteiger charge is 2.30. The molecule has 16 heteroatoms. The first kappa shape index (κ1) is 41.6. The van der Waals surface area contributed by atoms with E-state index in [0.717, 1.165) is 45.4 Å². The van der Waals surface area contributed by atoms with Gasteiger partial charge in [0.25, 0.3) is 11.4 Å². The fourth-order valence-electron chi connectivity index (χ4n) is 4.82. The third kappa shape index (κ3) is 13.1. The number of ether oxygens (including phenoxy) is 1. The summed E-state index contributed by atoms with van der Waals surface area (Å²) in [6, 6.07) is 11.3. The van der Waals surface area contributed by atoms with Gasteiger partial charge in [-0.3, -0.25) is 25.0 Å². The molecule has 2 amide bonds. The fourth-order valence-corrected chi connectivity index (χ4v) is 6.67. The zero-order chi connectivity index (χ0) is 38.6. The molecule has 4 aromatic rings. The Hall–Kier alpha value is -4.80. The van der Waals surface area contributed by atoms with E-state index in [1.54, 1.807) is 56.4 Å². The Kier molecular flexibility index (Phi) is 15.3. The molecule has 0 spiro atoms. The maximum absolute atomic E-state index is 13.2. The van der Waals surface area contributed by atoms with Crippen molar-refractivity contribution in [1.82, 2.24) is 20.6 Å². The van der Waals surface area contributed by atoms with Crippen LogP contribution in [-0.4, -0.2) is 43.5 Å². The molecule has 2 aromatic carbocycles. The Labute approximate surface area is 311 Å². The van der Waals surface area contributed by atoms with Crippen LogP contribution in [0, 0.1) is 26.1 Å². The number of hydrogen-bond donors (Lipinski definition) is 3. The Balaban J connectivity index is 0.000000323. The highest BCUT2D eigenvalue weighted by Crippen LogP contribution is 2.25. The van der Waals surface area contributed by atoms with Crippen LogP contribution in [0.4, 0.5) is 16.2 Å². The second-order valence-corrected chi connectivity index (χ2v) is 15.1. The number of amides is 2. The number of aryl methyl sites for hydroxylation is 2. The molecule has 280 valence electrons. The summed E-state index contributed by atoms with van der Waals surface area (Å²) in [7, 11) is 0. The lowest BCUT2D eigenvalue weighted by atomic mass is 10.0. The monoisotopic (exact) mass is 753 g/mol. The van der Waals surface area contributed by atoms with Gasteiger partial charge in [0.15, 0.2) is 0 Å². The Morgan fingerprint density at radius 1 is 0.808 bits per heavy atom. The number of carbonyl (C=O) groups excluding carboxylic acids is 2. The van der Waals surface area contributed by atoms with Crippen LogP contribution in [0.1, 0.15) is 93.1 Å². The van der Waals surface area contributed by atoms with E-state index in [-0.39, 0.29) is 29.2 Å². The van der Waals surface area contributed by atoms with E-state index in [4.69, 9.17) is 10.5 Å². The van der Waals surface area contributed by atoms with Crippen molar-refractivity contribution >= 4 is 46.0 Å². The molecule has 0 saturated heterocycles. The van der Waals surface area contributed by atoms with Crippen molar-refractivity contribution in [3.8, 4) is 0 Å². The molecule has 0 unspecified atom stereocenters. The van der Waals surface area contributed by atoms with Crippen molar-refractivity contribution in [2.75, 3.05) is 0 Å². The second-order valence-electron chi connectivity index (χ2n) is 13.4. The van der Waals surface area contributed by atoms with Gasteiger partial charge in [-0.25, -0.2) is 14.8 Å². The van der Waals surface area contributed by atoms with E-state index >= 15 is 0 Å². The molecule has 0 radical (unpaired) electrons. The number of alkyl carbamates (subject to hydrolysis) is 1. The molecule has 4 N–H and O–H groups in total. The van der Waals surface area contributed by atoms with Gasteiger partial charge in [-0.15, -0.1) is 22.7 Å². The van der Waals surface area contributed by atoms with Gasteiger partial charge >= 0.3 is 6.09 Å². The molecule has 0 fully saturated rings. The van der Waals surface area contributed by atoms with Crippen LogP contribution in [0.3, 0.4) is 0 Å². The van der Waals surface area contributed by atoms with Crippen molar-refractivity contribution < 1.29 is 24.2 Å². The van der Waals surface area contributed by atoms with Gasteiger partial charge in [0, 0.05) is 35.0 Å². The third-order valence-corrected chi connectivity index (χ3v) is 9.64. The zero-order valence-electron chi connectivity index (χ0n) is 30.5. The highest BCUT2D eigenvalue weighted by molar-refractivity contribution is 7.10. The standard InChI is InChI=1S/C23H32N4O5S.C13H15N3O2S/c1-7-16-13-33-21(24-16)18(12-15-8-10-17(11-9-15)27(30)31)25-20(28)19(14(2)3)26-22(29)32-23(4,5)6;1-2-10-8-19-13(15-10)12(14)7-9-3-5-11(6-4-9)16(17)18/h8-11,13-14,18-19H,7,12H2,1-6H3,(H,25,28)(H,26,29);3-6,8,12H,2,7,14H2,1H3/t18-,19-;12-/m00/s1. The number of nitrogens with zero attached hydrogens (tertiary/aromatic N) is 4. The number of hydrogen-bond acceptors (Lipinski definition) is 12. The molecular weight excluding hydrogens is 707 g/mol. The van der Waals surface area contributed by atoms with Crippen molar-refractivity contribution in [2.24, 2.45) is 11.7 Å². The van der Waals surface area contributed by atoms with Crippen molar-refractivity contribution in [3.63, 3.8) is 0 Å². The lowest BCUT2D eigenvalue weighted by Gasteiger charge is -2.27. The maximum Gasteiger partial charge on any atom is 0.408 e. The van der Waals surface area contributed by atoms with Gasteiger partial charge in [0.05, 0.1) is 33.3 Å². The lowest BCUT2D eigenvalue weighted by molar-refractivity contribution is -0.385. The summed E-state index contributed by atoms with van der Waals surface area (Å²) in [6.07, 6.45) is 2.04. The molecule has 0 aliphatic rings. The summed E-state index contributed by atoms with van der Waals surface area (Å²) in [4.78, 5) is 55.2. The van der Waals surface area contributed by atoms with Gasteiger partial charge in [-0.2, -0.15) is 0 Å². The normalized spacial score (nSPS) is 12.9. The van der Waals surface area contributed by atoms with Crippen LogP contribution in [0.25, 0.3) is 0 Å². The molecule has 14 nitrogen and oxygen atoms in total. The Morgan fingerprint density at radius 3 is 1.69 bits per heavy atom. The van der Waals surface area contributed by atoms with E-state index in [9.17, 15) is 29.8 Å². The molecule has 2 aromatic heterocycles. The first-order chi connectivity index (χ1) is 24.5. The van der Waals surface area contributed by atoms with E-state index < -0.39 is 33.6 Å². The number of benzene rings is 2. The summed E-state index contributed by atoms with van der Waals surface area (Å²) < 4.78 is 5.31. The van der Waals surface area contributed by atoms with Crippen molar-refractivity contribution in [3.05, 3.63) is 112 Å². The number of non-ortho nitro benzene ring substituents is 2. The fraction of sp³-hybridized carbons (Fsp3) is 0.444. The molecule has 52 heavy (non-hydrogen) atoms. The molecule has 2 heterocycles. The van der Waals surface area contributed by atoms with Crippen molar-refractivity contribution in [1.29, 1.82) is 0 Å². The minimum Gasteiger partial charge on any atom is -0.444 e. The summed E-state index contributed by atoms with van der Waals surface area (Å²) in [5.74, 6) is -0.531. The number of aromatic nitrogens is 2. The highest BCUT2D eigenvalue weighted by atomic mass is 32.1. The van der Waals surface area contributed by atoms with Gasteiger partial charge < -0.3 is 21.1 Å². The van der Waals surface area contributed by atoms with E-state index in [0.29, 0.717) is 12.8 Å². The first-order valence-corrected chi connectivity index (χ1v) is 18.7. The minimum absolute atomic E-state index is 0.00304. The zero-order valence-corrected chi connectivity index (χ0v) is 32.1. The van der Waals surface area contributed by atoms with Crippen molar-refractivity contribution in [2.45, 2.75) is 97.9 Å². The van der Waals surface area contributed by atoms with Crippen LogP contribution in [0.2, 0.25) is 0 Å². The van der Waals surface area contributed by atoms with E-state index in [2.05, 4.69) is 27.5 Å². The van der Waals surface area contributed by atoms with Crippen LogP contribution in [-0.2, 0) is 35.2 Å². The number of nitrogens with one attached hydrogen (secondary N) is 2. The Bertz CT molecular complexity index is 1790. The molecule has 0 aliphatic carbocycles. The Morgan fingerprint density at radius 2 is 1.27 bits per heavy atom. The lowest BCUT2D eigenvalue weighted by Crippen LogP contribution is -2.51. The van der Waals surface area contributed by atoms with Gasteiger partial charge in [0.1, 0.15) is 21.7 Å². The molecule has 3 atom stereocenters. The maximum atomic E-state index is 13.2. The van der Waals surface area contributed by atoms with E-state index in [1.165, 1.54) is 35.6 Å². The van der Waals surface area contributed by atoms with Crippen LogP contribution < -0.4 is 16.4 Å².